The molecule has 0 aliphatic carbocycles. The van der Waals surface area contributed by atoms with Crippen LogP contribution in [0.4, 0.5) is 0 Å². The molecule has 1 unspecified atom stereocenters. The molecule has 0 bridgehead atoms. The van der Waals surface area contributed by atoms with Crippen molar-refractivity contribution < 1.29 is 4.52 Å². The standard InChI is InChI=1S/C8H15N3OS/c1-3-6(9)8-10-7(12-11-8)4-5-13-2/h6H,3-5,9H2,1-2H3. The van der Waals surface area contributed by atoms with E-state index in [4.69, 9.17) is 10.3 Å². The molecule has 1 atom stereocenters. The van der Waals surface area contributed by atoms with Gasteiger partial charge < -0.3 is 10.3 Å². The Morgan fingerprint density at radius 2 is 2.38 bits per heavy atom. The Labute approximate surface area is 82.3 Å². The number of nitrogens with two attached hydrogens (primary N) is 1. The summed E-state index contributed by atoms with van der Waals surface area (Å²) in [7, 11) is 0. The van der Waals surface area contributed by atoms with Gasteiger partial charge in [-0.05, 0) is 12.7 Å². The van der Waals surface area contributed by atoms with Crippen molar-refractivity contribution in [1.29, 1.82) is 0 Å². The fourth-order valence-corrected chi connectivity index (χ4v) is 1.27. The second-order valence-corrected chi connectivity index (χ2v) is 3.79. The Morgan fingerprint density at radius 3 is 3.00 bits per heavy atom. The number of hydrogen-bond acceptors (Lipinski definition) is 5. The van der Waals surface area contributed by atoms with Gasteiger partial charge in [0.25, 0.3) is 0 Å². The number of aromatic nitrogens is 2. The zero-order valence-corrected chi connectivity index (χ0v) is 8.80. The summed E-state index contributed by atoms with van der Waals surface area (Å²) in [6, 6.07) is -0.0909. The molecule has 0 fully saturated rings. The zero-order valence-electron chi connectivity index (χ0n) is 7.99. The molecule has 0 radical (unpaired) electrons. The molecule has 0 saturated heterocycles. The molecule has 74 valence electrons. The fraction of sp³-hybridized carbons (Fsp3) is 0.750. The van der Waals surface area contributed by atoms with Crippen molar-refractivity contribution in [2.24, 2.45) is 5.73 Å². The number of aryl methyl sites for hydroxylation is 1. The van der Waals surface area contributed by atoms with Crippen molar-refractivity contribution in [2.75, 3.05) is 12.0 Å². The number of rotatable bonds is 5. The van der Waals surface area contributed by atoms with Gasteiger partial charge in [0.05, 0.1) is 6.04 Å². The van der Waals surface area contributed by atoms with E-state index < -0.39 is 0 Å². The van der Waals surface area contributed by atoms with Crippen LogP contribution in [0.25, 0.3) is 0 Å². The molecule has 0 aliphatic heterocycles. The summed E-state index contributed by atoms with van der Waals surface area (Å²) in [5, 5.41) is 3.82. The summed E-state index contributed by atoms with van der Waals surface area (Å²) >= 11 is 1.76. The van der Waals surface area contributed by atoms with E-state index >= 15 is 0 Å². The van der Waals surface area contributed by atoms with E-state index in [1.807, 2.05) is 6.92 Å². The Balaban J connectivity index is 2.53. The third-order valence-electron chi connectivity index (χ3n) is 1.78. The zero-order chi connectivity index (χ0) is 9.68. The third kappa shape index (κ3) is 3.00. The first kappa shape index (κ1) is 10.5. The molecular formula is C8H15N3OS. The minimum atomic E-state index is -0.0909. The van der Waals surface area contributed by atoms with Gasteiger partial charge in [-0.1, -0.05) is 12.1 Å². The predicted octanol–water partition coefficient (Wildman–Crippen LogP) is 1.38. The van der Waals surface area contributed by atoms with Crippen molar-refractivity contribution >= 4 is 11.8 Å². The maximum Gasteiger partial charge on any atom is 0.227 e. The first-order chi connectivity index (χ1) is 6.27. The van der Waals surface area contributed by atoms with Gasteiger partial charge in [-0.15, -0.1) is 0 Å². The van der Waals surface area contributed by atoms with Crippen molar-refractivity contribution in [3.8, 4) is 0 Å². The fourth-order valence-electron chi connectivity index (χ4n) is 0.892. The maximum atomic E-state index is 5.75. The van der Waals surface area contributed by atoms with E-state index in [0.717, 1.165) is 18.6 Å². The molecule has 4 nitrogen and oxygen atoms in total. The van der Waals surface area contributed by atoms with E-state index in [1.165, 1.54) is 0 Å². The molecule has 5 heteroatoms. The summed E-state index contributed by atoms with van der Waals surface area (Å²) in [6.07, 6.45) is 3.71. The number of thioether (sulfide) groups is 1. The van der Waals surface area contributed by atoms with Gasteiger partial charge in [-0.2, -0.15) is 16.7 Å². The van der Waals surface area contributed by atoms with Gasteiger partial charge in [0.15, 0.2) is 5.82 Å². The van der Waals surface area contributed by atoms with Crippen LogP contribution in [0.2, 0.25) is 0 Å². The second kappa shape index (κ2) is 5.24. The normalized spacial score (nSPS) is 13.2. The molecule has 0 saturated carbocycles. The molecule has 2 N–H and O–H groups in total. The Bertz CT molecular complexity index is 251. The molecule has 0 aromatic carbocycles. The lowest BCUT2D eigenvalue weighted by Gasteiger charge is -1.99. The lowest BCUT2D eigenvalue weighted by Crippen LogP contribution is -2.10. The summed E-state index contributed by atoms with van der Waals surface area (Å²) in [5.74, 6) is 2.31. The average Bonchev–Trinajstić information content (AvgIpc) is 2.62. The minimum absolute atomic E-state index is 0.0909. The highest BCUT2D eigenvalue weighted by molar-refractivity contribution is 7.98. The topological polar surface area (TPSA) is 64.9 Å². The van der Waals surface area contributed by atoms with Crippen molar-refractivity contribution in [3.63, 3.8) is 0 Å². The molecule has 0 amide bonds. The van der Waals surface area contributed by atoms with Gasteiger partial charge in [0, 0.05) is 12.2 Å². The van der Waals surface area contributed by atoms with Gasteiger partial charge in [-0.25, -0.2) is 0 Å². The minimum Gasteiger partial charge on any atom is -0.339 e. The first-order valence-electron chi connectivity index (χ1n) is 4.35. The van der Waals surface area contributed by atoms with E-state index in [1.54, 1.807) is 11.8 Å². The lowest BCUT2D eigenvalue weighted by atomic mass is 10.2. The molecule has 1 rings (SSSR count). The van der Waals surface area contributed by atoms with Crippen LogP contribution >= 0.6 is 11.8 Å². The maximum absolute atomic E-state index is 5.75. The van der Waals surface area contributed by atoms with Crippen molar-refractivity contribution in [3.05, 3.63) is 11.7 Å². The molecule has 1 heterocycles. The van der Waals surface area contributed by atoms with E-state index in [2.05, 4.69) is 16.4 Å². The highest BCUT2D eigenvalue weighted by atomic mass is 32.2. The highest BCUT2D eigenvalue weighted by Gasteiger charge is 2.11. The van der Waals surface area contributed by atoms with Gasteiger partial charge in [0.1, 0.15) is 0 Å². The van der Waals surface area contributed by atoms with Crippen LogP contribution in [0, 0.1) is 0 Å². The lowest BCUT2D eigenvalue weighted by molar-refractivity contribution is 0.373. The monoisotopic (exact) mass is 201 g/mol. The molecule has 0 spiro atoms. The summed E-state index contributed by atoms with van der Waals surface area (Å²) in [5.41, 5.74) is 5.75. The quantitative estimate of drug-likeness (QED) is 0.779. The van der Waals surface area contributed by atoms with Crippen LogP contribution in [0.3, 0.4) is 0 Å². The van der Waals surface area contributed by atoms with E-state index in [9.17, 15) is 0 Å². The van der Waals surface area contributed by atoms with Crippen LogP contribution in [0.15, 0.2) is 4.52 Å². The van der Waals surface area contributed by atoms with Gasteiger partial charge in [0.2, 0.25) is 5.89 Å². The molecule has 13 heavy (non-hydrogen) atoms. The molecule has 1 aromatic heterocycles. The van der Waals surface area contributed by atoms with E-state index in [-0.39, 0.29) is 6.04 Å². The second-order valence-electron chi connectivity index (χ2n) is 2.80. The summed E-state index contributed by atoms with van der Waals surface area (Å²) < 4.78 is 5.04. The van der Waals surface area contributed by atoms with Crippen LogP contribution in [-0.4, -0.2) is 22.1 Å². The molecular weight excluding hydrogens is 186 g/mol. The Kier molecular flexibility index (Phi) is 4.24. The predicted molar refractivity (Wildman–Crippen MR) is 53.6 cm³/mol. The number of nitrogens with zero attached hydrogens (tertiary/aromatic N) is 2. The van der Waals surface area contributed by atoms with E-state index in [0.29, 0.717) is 11.7 Å². The largest absolute Gasteiger partial charge is 0.339 e. The van der Waals surface area contributed by atoms with Crippen LogP contribution in [0.1, 0.15) is 31.1 Å². The number of hydrogen-bond donors (Lipinski definition) is 1. The summed E-state index contributed by atoms with van der Waals surface area (Å²) in [6.45, 7) is 2.00. The van der Waals surface area contributed by atoms with Crippen LogP contribution in [0.5, 0.6) is 0 Å². The van der Waals surface area contributed by atoms with Crippen LogP contribution < -0.4 is 5.73 Å². The van der Waals surface area contributed by atoms with Crippen LogP contribution in [-0.2, 0) is 6.42 Å². The van der Waals surface area contributed by atoms with Crippen molar-refractivity contribution in [2.45, 2.75) is 25.8 Å². The van der Waals surface area contributed by atoms with Crippen molar-refractivity contribution in [1.82, 2.24) is 10.1 Å². The average molecular weight is 201 g/mol. The Morgan fingerprint density at radius 1 is 1.62 bits per heavy atom. The Hall–Kier alpha value is -0.550. The molecule has 1 aromatic rings. The summed E-state index contributed by atoms with van der Waals surface area (Å²) in [4.78, 5) is 4.20. The molecule has 0 aliphatic rings. The smallest absolute Gasteiger partial charge is 0.227 e. The highest BCUT2D eigenvalue weighted by Crippen LogP contribution is 2.10. The SMILES string of the molecule is CCC(N)c1noc(CCSC)n1. The first-order valence-corrected chi connectivity index (χ1v) is 5.74. The third-order valence-corrected chi connectivity index (χ3v) is 2.39. The van der Waals surface area contributed by atoms with Gasteiger partial charge in [-0.3, -0.25) is 0 Å². The van der Waals surface area contributed by atoms with Gasteiger partial charge >= 0.3 is 0 Å².